The van der Waals surface area contributed by atoms with Crippen molar-refractivity contribution in [3.05, 3.63) is 18.0 Å². The summed E-state index contributed by atoms with van der Waals surface area (Å²) < 4.78 is 2.02. The van der Waals surface area contributed by atoms with Crippen LogP contribution in [-0.4, -0.2) is 16.3 Å². The molecule has 3 heteroatoms. The van der Waals surface area contributed by atoms with Gasteiger partial charge in [-0.25, -0.2) is 0 Å². The highest BCUT2D eigenvalue weighted by Crippen LogP contribution is 2.46. The Morgan fingerprint density at radius 2 is 2.46 bits per heavy atom. The first-order chi connectivity index (χ1) is 6.22. The molecule has 1 aliphatic carbocycles. The van der Waals surface area contributed by atoms with Crippen molar-refractivity contribution >= 4 is 0 Å². The summed E-state index contributed by atoms with van der Waals surface area (Å²) in [6.07, 6.45) is 5.39. The van der Waals surface area contributed by atoms with Crippen molar-refractivity contribution in [2.45, 2.75) is 32.2 Å². The predicted molar refractivity (Wildman–Crippen MR) is 52.5 cm³/mol. The third-order valence-electron chi connectivity index (χ3n) is 2.80. The van der Waals surface area contributed by atoms with Crippen LogP contribution in [-0.2, 0) is 0 Å². The van der Waals surface area contributed by atoms with E-state index in [0.29, 0.717) is 17.9 Å². The summed E-state index contributed by atoms with van der Waals surface area (Å²) in [4.78, 5) is 0. The van der Waals surface area contributed by atoms with E-state index in [9.17, 15) is 0 Å². The normalized spacial score (nSPS) is 26.8. The fraction of sp³-hybridized carbons (Fsp3) is 0.700. The average molecular weight is 179 g/mol. The molecular weight excluding hydrogens is 162 g/mol. The molecule has 1 fully saturated rings. The maximum atomic E-state index is 5.60. The van der Waals surface area contributed by atoms with Crippen molar-refractivity contribution in [3.63, 3.8) is 0 Å². The zero-order chi connectivity index (χ0) is 9.42. The van der Waals surface area contributed by atoms with Gasteiger partial charge in [-0.1, -0.05) is 0 Å². The molecule has 3 nitrogen and oxygen atoms in total. The summed E-state index contributed by atoms with van der Waals surface area (Å²) in [6.45, 7) is 5.10. The molecule has 2 atom stereocenters. The fourth-order valence-corrected chi connectivity index (χ4v) is 1.74. The number of rotatable bonds is 3. The molecule has 0 radical (unpaired) electrons. The number of hydrogen-bond acceptors (Lipinski definition) is 2. The van der Waals surface area contributed by atoms with Crippen molar-refractivity contribution in [1.29, 1.82) is 0 Å². The molecule has 0 amide bonds. The SMILES string of the molecule is CC(C)n1cc(C2CC2CN)cn1. The van der Waals surface area contributed by atoms with Gasteiger partial charge in [0.2, 0.25) is 0 Å². The smallest absolute Gasteiger partial charge is 0.0524 e. The minimum absolute atomic E-state index is 0.462. The van der Waals surface area contributed by atoms with Crippen LogP contribution in [0.3, 0.4) is 0 Å². The Morgan fingerprint density at radius 3 is 2.92 bits per heavy atom. The number of aromatic nitrogens is 2. The van der Waals surface area contributed by atoms with Gasteiger partial charge in [0, 0.05) is 12.2 Å². The van der Waals surface area contributed by atoms with E-state index in [1.165, 1.54) is 12.0 Å². The Balaban J connectivity index is 2.07. The molecule has 2 N–H and O–H groups in total. The summed E-state index contributed by atoms with van der Waals surface area (Å²) in [5, 5.41) is 4.32. The maximum Gasteiger partial charge on any atom is 0.0524 e. The standard InChI is InChI=1S/C10H17N3/c1-7(2)13-6-9(5-12-13)10-3-8(10)4-11/h5-8,10H,3-4,11H2,1-2H3. The zero-order valence-corrected chi connectivity index (χ0v) is 8.27. The Kier molecular flexibility index (Phi) is 2.12. The second-order valence-corrected chi connectivity index (χ2v) is 4.19. The van der Waals surface area contributed by atoms with Gasteiger partial charge in [0.05, 0.1) is 6.20 Å². The lowest BCUT2D eigenvalue weighted by Crippen LogP contribution is -2.02. The highest BCUT2D eigenvalue weighted by Gasteiger charge is 2.37. The number of nitrogens with zero attached hydrogens (tertiary/aromatic N) is 2. The highest BCUT2D eigenvalue weighted by molar-refractivity contribution is 5.20. The second-order valence-electron chi connectivity index (χ2n) is 4.19. The van der Waals surface area contributed by atoms with Crippen molar-refractivity contribution in [1.82, 2.24) is 9.78 Å². The lowest BCUT2D eigenvalue weighted by Gasteiger charge is -2.02. The van der Waals surface area contributed by atoms with E-state index in [0.717, 1.165) is 6.54 Å². The molecule has 1 aromatic rings. The second kappa shape index (κ2) is 3.14. The van der Waals surface area contributed by atoms with Gasteiger partial charge in [0.15, 0.2) is 0 Å². The molecule has 1 aliphatic rings. The Labute approximate surface area is 78.9 Å². The largest absolute Gasteiger partial charge is 0.330 e. The highest BCUT2D eigenvalue weighted by atomic mass is 15.3. The molecule has 1 heterocycles. The molecule has 13 heavy (non-hydrogen) atoms. The molecule has 1 aromatic heterocycles. The first kappa shape index (κ1) is 8.75. The van der Waals surface area contributed by atoms with E-state index in [-0.39, 0.29) is 0 Å². The molecule has 72 valence electrons. The molecule has 0 spiro atoms. The van der Waals surface area contributed by atoms with Gasteiger partial charge in [-0.3, -0.25) is 4.68 Å². The van der Waals surface area contributed by atoms with Crippen LogP contribution in [0.1, 0.15) is 37.8 Å². The van der Waals surface area contributed by atoms with Gasteiger partial charge in [0.25, 0.3) is 0 Å². The molecule has 2 rings (SSSR count). The van der Waals surface area contributed by atoms with Gasteiger partial charge in [-0.05, 0) is 44.2 Å². The van der Waals surface area contributed by atoms with Gasteiger partial charge in [0.1, 0.15) is 0 Å². The minimum Gasteiger partial charge on any atom is -0.330 e. The van der Waals surface area contributed by atoms with E-state index in [1.807, 2.05) is 10.9 Å². The molecule has 0 aromatic carbocycles. The summed E-state index contributed by atoms with van der Waals surface area (Å²) in [5.74, 6) is 1.40. The predicted octanol–water partition coefficient (Wildman–Crippen LogP) is 1.53. The molecule has 0 saturated heterocycles. The Morgan fingerprint density at radius 1 is 1.69 bits per heavy atom. The summed E-state index contributed by atoms with van der Waals surface area (Å²) in [5.41, 5.74) is 6.97. The minimum atomic E-state index is 0.462. The molecular formula is C10H17N3. The lowest BCUT2D eigenvalue weighted by molar-refractivity contribution is 0.532. The van der Waals surface area contributed by atoms with Crippen LogP contribution in [0.2, 0.25) is 0 Å². The lowest BCUT2D eigenvalue weighted by atomic mass is 10.2. The molecule has 1 saturated carbocycles. The quantitative estimate of drug-likeness (QED) is 0.764. The molecule has 0 bridgehead atoms. The van der Waals surface area contributed by atoms with Crippen LogP contribution in [0.25, 0.3) is 0 Å². The monoisotopic (exact) mass is 179 g/mol. The van der Waals surface area contributed by atoms with Crippen LogP contribution in [0.4, 0.5) is 0 Å². The molecule has 0 aliphatic heterocycles. The van der Waals surface area contributed by atoms with E-state index >= 15 is 0 Å². The average Bonchev–Trinajstić information content (AvgIpc) is 2.73. The van der Waals surface area contributed by atoms with Gasteiger partial charge in [-0.2, -0.15) is 5.10 Å². The number of hydrogen-bond donors (Lipinski definition) is 1. The van der Waals surface area contributed by atoms with Gasteiger partial charge < -0.3 is 5.73 Å². The van der Waals surface area contributed by atoms with Crippen molar-refractivity contribution in [2.75, 3.05) is 6.54 Å². The zero-order valence-electron chi connectivity index (χ0n) is 8.27. The van der Waals surface area contributed by atoms with Crippen molar-refractivity contribution < 1.29 is 0 Å². The Hall–Kier alpha value is -0.830. The third kappa shape index (κ3) is 1.61. The first-order valence-corrected chi connectivity index (χ1v) is 4.96. The first-order valence-electron chi connectivity index (χ1n) is 4.96. The number of nitrogens with two attached hydrogens (primary N) is 1. The van der Waals surface area contributed by atoms with Crippen LogP contribution in [0, 0.1) is 5.92 Å². The van der Waals surface area contributed by atoms with Crippen molar-refractivity contribution in [3.8, 4) is 0 Å². The van der Waals surface area contributed by atoms with E-state index in [2.05, 4.69) is 25.1 Å². The fourth-order valence-electron chi connectivity index (χ4n) is 1.74. The Bertz CT molecular complexity index is 290. The summed E-state index contributed by atoms with van der Waals surface area (Å²) >= 11 is 0. The van der Waals surface area contributed by atoms with Crippen molar-refractivity contribution in [2.24, 2.45) is 11.7 Å². The maximum absolute atomic E-state index is 5.60. The van der Waals surface area contributed by atoms with Crippen LogP contribution < -0.4 is 5.73 Å². The van der Waals surface area contributed by atoms with Crippen LogP contribution in [0.5, 0.6) is 0 Å². The van der Waals surface area contributed by atoms with Gasteiger partial charge >= 0.3 is 0 Å². The molecule has 2 unspecified atom stereocenters. The topological polar surface area (TPSA) is 43.8 Å². The third-order valence-corrected chi connectivity index (χ3v) is 2.80. The van der Waals surface area contributed by atoms with E-state index in [1.54, 1.807) is 0 Å². The van der Waals surface area contributed by atoms with E-state index in [4.69, 9.17) is 5.73 Å². The summed E-state index contributed by atoms with van der Waals surface area (Å²) in [6, 6.07) is 0.462. The van der Waals surface area contributed by atoms with Crippen LogP contribution >= 0.6 is 0 Å². The van der Waals surface area contributed by atoms with E-state index < -0.39 is 0 Å². The van der Waals surface area contributed by atoms with Crippen LogP contribution in [0.15, 0.2) is 12.4 Å². The summed E-state index contributed by atoms with van der Waals surface area (Å²) in [7, 11) is 0. The van der Waals surface area contributed by atoms with Gasteiger partial charge in [-0.15, -0.1) is 0 Å².